The molecule has 134 valence electrons. The summed E-state index contributed by atoms with van der Waals surface area (Å²) in [4.78, 5) is 0. The molecule has 0 rings (SSSR count). The van der Waals surface area contributed by atoms with E-state index in [1.54, 1.807) is 0 Å². The normalized spacial score (nSPS) is 13.5. The molecule has 2 nitrogen and oxygen atoms in total. The number of quaternary nitrogens is 1. The molecule has 0 aromatic heterocycles. The van der Waals surface area contributed by atoms with Gasteiger partial charge in [-0.05, 0) is 12.8 Å². The van der Waals surface area contributed by atoms with E-state index in [0.29, 0.717) is 5.88 Å². The van der Waals surface area contributed by atoms with Crippen LogP contribution in [0.2, 0.25) is 0 Å². The molecule has 1 unspecified atom stereocenters. The lowest BCUT2D eigenvalue weighted by atomic mass is 10.1. The smallest absolute Gasteiger partial charge is 0.116 e. The zero-order valence-electron chi connectivity index (χ0n) is 15.5. The third kappa shape index (κ3) is 15.1. The van der Waals surface area contributed by atoms with Crippen LogP contribution >= 0.6 is 11.6 Å². The molecule has 0 radical (unpaired) electrons. The lowest BCUT2D eigenvalue weighted by molar-refractivity contribution is -0.893. The SMILES string of the molecule is CCCCCCCCCCCCCC[N+](C)(C)CC(O)CCl. The van der Waals surface area contributed by atoms with Gasteiger partial charge in [0.15, 0.2) is 0 Å². The molecule has 0 heterocycles. The van der Waals surface area contributed by atoms with E-state index in [1.807, 2.05) is 0 Å². The van der Waals surface area contributed by atoms with Crippen molar-refractivity contribution in [1.82, 2.24) is 0 Å². The Labute approximate surface area is 144 Å². The largest absolute Gasteiger partial charge is 0.386 e. The molecular formula is C19H41ClNO+. The summed E-state index contributed by atoms with van der Waals surface area (Å²) in [6.07, 6.45) is 16.3. The van der Waals surface area contributed by atoms with E-state index in [1.165, 1.54) is 77.0 Å². The molecule has 0 aliphatic heterocycles. The van der Waals surface area contributed by atoms with Crippen molar-refractivity contribution in [1.29, 1.82) is 0 Å². The number of unbranched alkanes of at least 4 members (excludes halogenated alkanes) is 11. The Morgan fingerprint density at radius 1 is 0.773 bits per heavy atom. The average molecular weight is 335 g/mol. The second-order valence-electron chi connectivity index (χ2n) is 7.54. The number of hydrogen-bond acceptors (Lipinski definition) is 1. The molecule has 1 atom stereocenters. The van der Waals surface area contributed by atoms with E-state index in [9.17, 15) is 5.11 Å². The van der Waals surface area contributed by atoms with Gasteiger partial charge >= 0.3 is 0 Å². The van der Waals surface area contributed by atoms with Crippen LogP contribution in [0.15, 0.2) is 0 Å². The fraction of sp³-hybridized carbons (Fsp3) is 1.00. The van der Waals surface area contributed by atoms with Crippen molar-refractivity contribution in [2.24, 2.45) is 0 Å². The predicted octanol–water partition coefficient (Wildman–Crippen LogP) is 5.36. The lowest BCUT2D eigenvalue weighted by Crippen LogP contribution is -2.46. The summed E-state index contributed by atoms with van der Waals surface area (Å²) in [6, 6.07) is 0. The Morgan fingerprint density at radius 2 is 1.18 bits per heavy atom. The average Bonchev–Trinajstić information content (AvgIpc) is 2.47. The number of halogens is 1. The molecule has 1 N–H and O–H groups in total. The van der Waals surface area contributed by atoms with Crippen LogP contribution in [-0.4, -0.2) is 48.8 Å². The maximum atomic E-state index is 9.64. The Hall–Kier alpha value is 0.210. The van der Waals surface area contributed by atoms with Crippen LogP contribution in [0.1, 0.15) is 84.0 Å². The van der Waals surface area contributed by atoms with Crippen LogP contribution in [0, 0.1) is 0 Å². The summed E-state index contributed by atoms with van der Waals surface area (Å²) in [5.74, 6) is 0.347. The summed E-state index contributed by atoms with van der Waals surface area (Å²) in [6.45, 7) is 4.19. The third-order valence-corrected chi connectivity index (χ3v) is 4.86. The number of hydrogen-bond donors (Lipinski definition) is 1. The highest BCUT2D eigenvalue weighted by atomic mass is 35.5. The van der Waals surface area contributed by atoms with Crippen molar-refractivity contribution < 1.29 is 9.59 Å². The van der Waals surface area contributed by atoms with Gasteiger partial charge in [-0.2, -0.15) is 0 Å². The van der Waals surface area contributed by atoms with Gasteiger partial charge in [-0.15, -0.1) is 11.6 Å². The first kappa shape index (κ1) is 22.2. The Bertz CT molecular complexity index is 233. The summed E-state index contributed by atoms with van der Waals surface area (Å²) in [5.41, 5.74) is 0. The molecule has 0 saturated heterocycles. The van der Waals surface area contributed by atoms with Crippen LogP contribution < -0.4 is 0 Å². The molecular weight excluding hydrogens is 294 g/mol. The molecule has 0 bridgehead atoms. The Morgan fingerprint density at radius 3 is 1.59 bits per heavy atom. The zero-order chi connectivity index (χ0) is 16.7. The van der Waals surface area contributed by atoms with Gasteiger partial charge in [0.25, 0.3) is 0 Å². The number of alkyl halides is 1. The number of rotatable bonds is 16. The molecule has 0 aliphatic rings. The standard InChI is InChI=1S/C19H41ClNO/c1-4-5-6-7-8-9-10-11-12-13-14-15-16-21(2,3)18-19(22)17-20/h19,22H,4-18H2,1-3H3/q+1. The summed E-state index contributed by atoms with van der Waals surface area (Å²) in [5, 5.41) is 9.64. The topological polar surface area (TPSA) is 20.2 Å². The van der Waals surface area contributed by atoms with E-state index in [4.69, 9.17) is 11.6 Å². The van der Waals surface area contributed by atoms with E-state index >= 15 is 0 Å². The van der Waals surface area contributed by atoms with Crippen LogP contribution in [0.4, 0.5) is 0 Å². The maximum Gasteiger partial charge on any atom is 0.116 e. The number of likely N-dealkylation sites (N-methyl/N-ethyl adjacent to an activating group) is 1. The maximum absolute atomic E-state index is 9.64. The summed E-state index contributed by atoms with van der Waals surface area (Å²) >= 11 is 5.68. The van der Waals surface area contributed by atoms with Crippen molar-refractivity contribution in [3.05, 3.63) is 0 Å². The van der Waals surface area contributed by atoms with Crippen LogP contribution in [0.5, 0.6) is 0 Å². The van der Waals surface area contributed by atoms with Crippen molar-refractivity contribution in [3.63, 3.8) is 0 Å². The van der Waals surface area contributed by atoms with Gasteiger partial charge in [0.05, 0.1) is 26.5 Å². The molecule has 3 heteroatoms. The molecule has 0 aromatic rings. The van der Waals surface area contributed by atoms with Crippen LogP contribution in [0.3, 0.4) is 0 Å². The minimum absolute atomic E-state index is 0.347. The monoisotopic (exact) mass is 334 g/mol. The molecule has 22 heavy (non-hydrogen) atoms. The van der Waals surface area contributed by atoms with Crippen molar-refractivity contribution >= 4 is 11.6 Å². The van der Waals surface area contributed by atoms with Gasteiger partial charge in [0.1, 0.15) is 12.6 Å². The second-order valence-corrected chi connectivity index (χ2v) is 7.85. The summed E-state index contributed by atoms with van der Waals surface area (Å²) in [7, 11) is 4.38. The minimum Gasteiger partial charge on any atom is -0.386 e. The highest BCUT2D eigenvalue weighted by molar-refractivity contribution is 6.18. The molecule has 0 saturated carbocycles. The predicted molar refractivity (Wildman–Crippen MR) is 99.6 cm³/mol. The molecule has 0 aliphatic carbocycles. The van der Waals surface area contributed by atoms with E-state index in [2.05, 4.69) is 21.0 Å². The quantitative estimate of drug-likeness (QED) is 0.229. The van der Waals surface area contributed by atoms with E-state index in [0.717, 1.165) is 17.6 Å². The van der Waals surface area contributed by atoms with Gasteiger partial charge < -0.3 is 9.59 Å². The first-order valence-electron chi connectivity index (χ1n) is 9.58. The van der Waals surface area contributed by atoms with E-state index in [-0.39, 0.29) is 6.10 Å². The highest BCUT2D eigenvalue weighted by Gasteiger charge is 2.19. The molecule has 0 aromatic carbocycles. The van der Waals surface area contributed by atoms with Crippen molar-refractivity contribution in [2.45, 2.75) is 90.1 Å². The van der Waals surface area contributed by atoms with Gasteiger partial charge in [-0.25, -0.2) is 0 Å². The number of aliphatic hydroxyl groups is 1. The third-order valence-electron chi connectivity index (χ3n) is 4.50. The minimum atomic E-state index is -0.367. The molecule has 0 spiro atoms. The van der Waals surface area contributed by atoms with Gasteiger partial charge in [-0.3, -0.25) is 0 Å². The van der Waals surface area contributed by atoms with Crippen molar-refractivity contribution in [2.75, 3.05) is 33.1 Å². The fourth-order valence-electron chi connectivity index (χ4n) is 3.09. The lowest BCUT2D eigenvalue weighted by Gasteiger charge is -2.31. The zero-order valence-corrected chi connectivity index (χ0v) is 16.2. The second kappa shape index (κ2) is 14.8. The molecule has 0 amide bonds. The van der Waals surface area contributed by atoms with Gasteiger partial charge in [0, 0.05) is 0 Å². The van der Waals surface area contributed by atoms with Crippen LogP contribution in [0.25, 0.3) is 0 Å². The molecule has 0 fully saturated rings. The van der Waals surface area contributed by atoms with E-state index < -0.39 is 0 Å². The fourth-order valence-corrected chi connectivity index (χ4v) is 3.19. The first-order valence-corrected chi connectivity index (χ1v) is 10.1. The Balaban J connectivity index is 3.29. The highest BCUT2D eigenvalue weighted by Crippen LogP contribution is 2.13. The number of aliphatic hydroxyl groups excluding tert-OH is 1. The van der Waals surface area contributed by atoms with Crippen LogP contribution in [-0.2, 0) is 0 Å². The number of nitrogens with zero attached hydrogens (tertiary/aromatic N) is 1. The van der Waals surface area contributed by atoms with Gasteiger partial charge in [-0.1, -0.05) is 71.1 Å². The Kier molecular flexibility index (Phi) is 14.9. The first-order chi connectivity index (χ1) is 10.5. The summed E-state index contributed by atoms with van der Waals surface area (Å²) < 4.78 is 0.881. The van der Waals surface area contributed by atoms with Crippen molar-refractivity contribution in [3.8, 4) is 0 Å². The van der Waals surface area contributed by atoms with Gasteiger partial charge in [0.2, 0.25) is 0 Å².